The molecule has 3 N–H and O–H groups in total. The van der Waals surface area contributed by atoms with Crippen LogP contribution in [-0.2, 0) is 16.6 Å². The van der Waals surface area contributed by atoms with Gasteiger partial charge in [-0.15, -0.1) is 0 Å². The average molecular weight is 558 g/mol. The third kappa shape index (κ3) is 6.16. The monoisotopic (exact) mass is 557 g/mol. The molecule has 0 aliphatic rings. The first kappa shape index (κ1) is 23.8. The maximum absolute atomic E-state index is 12.5. The van der Waals surface area contributed by atoms with Gasteiger partial charge in [0.15, 0.2) is 10.9 Å². The molecular formula is C22H20BrN7O2S2. The summed E-state index contributed by atoms with van der Waals surface area (Å²) in [6.07, 6.45) is 4.78. The maximum Gasteiger partial charge on any atom is 0.264 e. The first-order valence-electron chi connectivity index (χ1n) is 10.0. The third-order valence-electron chi connectivity index (χ3n) is 4.63. The van der Waals surface area contributed by atoms with Crippen molar-refractivity contribution >= 4 is 60.7 Å². The Balaban J connectivity index is 1.37. The number of hydrogen-bond donors (Lipinski definition) is 3. The van der Waals surface area contributed by atoms with Crippen LogP contribution in [0.4, 0.5) is 17.5 Å². The van der Waals surface area contributed by atoms with Crippen molar-refractivity contribution in [2.24, 2.45) is 0 Å². The maximum atomic E-state index is 12.5. The highest BCUT2D eigenvalue weighted by molar-refractivity contribution is 9.10. The molecule has 2 heterocycles. The SMILES string of the molecule is Cc1ccc(Cn2cc(Br)c(NC(=S)Nc3ccc(S(=O)(=O)Nc4ncccn4)cc3)n2)cc1. The lowest BCUT2D eigenvalue weighted by Crippen LogP contribution is -2.20. The summed E-state index contributed by atoms with van der Waals surface area (Å²) in [5.41, 5.74) is 2.95. The number of benzene rings is 2. The van der Waals surface area contributed by atoms with Crippen LogP contribution in [-0.4, -0.2) is 33.3 Å². The molecule has 9 nitrogen and oxygen atoms in total. The number of sulfonamides is 1. The van der Waals surface area contributed by atoms with Gasteiger partial charge in [0, 0.05) is 24.3 Å². The second-order valence-electron chi connectivity index (χ2n) is 7.29. The smallest absolute Gasteiger partial charge is 0.264 e. The van der Waals surface area contributed by atoms with E-state index in [1.54, 1.807) is 18.2 Å². The summed E-state index contributed by atoms with van der Waals surface area (Å²) in [5.74, 6) is 0.568. The first-order chi connectivity index (χ1) is 16.3. The molecule has 2 aromatic heterocycles. The Hall–Kier alpha value is -3.35. The van der Waals surface area contributed by atoms with Crippen LogP contribution in [0.3, 0.4) is 0 Å². The molecule has 0 radical (unpaired) electrons. The summed E-state index contributed by atoms with van der Waals surface area (Å²) >= 11 is 8.88. The molecule has 0 saturated carbocycles. The van der Waals surface area contributed by atoms with E-state index in [0.29, 0.717) is 23.2 Å². The number of halogens is 1. The molecule has 0 amide bonds. The molecule has 174 valence electrons. The van der Waals surface area contributed by atoms with Gasteiger partial charge in [-0.05, 0) is 71.0 Å². The highest BCUT2D eigenvalue weighted by Gasteiger charge is 2.15. The van der Waals surface area contributed by atoms with E-state index in [4.69, 9.17) is 12.2 Å². The van der Waals surface area contributed by atoms with Gasteiger partial charge in [-0.3, -0.25) is 4.68 Å². The van der Waals surface area contributed by atoms with Crippen molar-refractivity contribution < 1.29 is 8.42 Å². The topological polar surface area (TPSA) is 114 Å². The van der Waals surface area contributed by atoms with Crippen molar-refractivity contribution in [1.29, 1.82) is 0 Å². The molecule has 0 atom stereocenters. The first-order valence-corrected chi connectivity index (χ1v) is 12.7. The zero-order chi connectivity index (χ0) is 24.1. The Morgan fingerprint density at radius 2 is 1.71 bits per heavy atom. The van der Waals surface area contributed by atoms with Crippen LogP contribution in [0.15, 0.2) is 82.6 Å². The van der Waals surface area contributed by atoms with Crippen molar-refractivity contribution in [2.75, 3.05) is 15.4 Å². The van der Waals surface area contributed by atoms with Crippen LogP contribution < -0.4 is 15.4 Å². The lowest BCUT2D eigenvalue weighted by molar-refractivity contribution is 0.601. The minimum absolute atomic E-state index is 0.00229. The van der Waals surface area contributed by atoms with Gasteiger partial charge in [0.25, 0.3) is 10.0 Å². The van der Waals surface area contributed by atoms with E-state index in [2.05, 4.69) is 70.6 Å². The fourth-order valence-corrected chi connectivity index (χ4v) is 4.55. The van der Waals surface area contributed by atoms with Crippen LogP contribution in [0.2, 0.25) is 0 Å². The van der Waals surface area contributed by atoms with Gasteiger partial charge in [-0.1, -0.05) is 29.8 Å². The molecule has 12 heteroatoms. The molecule has 2 aromatic carbocycles. The van der Waals surface area contributed by atoms with Gasteiger partial charge < -0.3 is 10.6 Å². The van der Waals surface area contributed by atoms with Gasteiger partial charge in [-0.25, -0.2) is 23.1 Å². The average Bonchev–Trinajstić information content (AvgIpc) is 3.14. The van der Waals surface area contributed by atoms with Crippen molar-refractivity contribution in [3.63, 3.8) is 0 Å². The van der Waals surface area contributed by atoms with E-state index < -0.39 is 10.0 Å². The number of nitrogens with one attached hydrogen (secondary N) is 3. The standard InChI is InChI=1S/C22H20BrN7O2S2/c1-15-3-5-16(6-4-15)13-30-14-19(23)20(28-30)27-22(33)26-17-7-9-18(10-8-17)34(31,32)29-21-24-11-2-12-25-21/h2-12,14H,13H2,1H3,(H,24,25,29)(H2,26,27,28,33). The molecule has 0 aliphatic heterocycles. The number of aryl methyl sites for hydroxylation is 1. The molecule has 0 unspecified atom stereocenters. The van der Waals surface area contributed by atoms with Crippen LogP contribution in [0, 0.1) is 6.92 Å². The lowest BCUT2D eigenvalue weighted by Gasteiger charge is -2.10. The number of aromatic nitrogens is 4. The van der Waals surface area contributed by atoms with Gasteiger partial charge in [0.05, 0.1) is 15.9 Å². The molecule has 0 aliphatic carbocycles. The Bertz CT molecular complexity index is 1390. The largest absolute Gasteiger partial charge is 0.332 e. The van der Waals surface area contributed by atoms with Crippen molar-refractivity contribution in [2.45, 2.75) is 18.4 Å². The second-order valence-corrected chi connectivity index (χ2v) is 10.2. The lowest BCUT2D eigenvalue weighted by atomic mass is 10.1. The molecule has 34 heavy (non-hydrogen) atoms. The number of anilines is 3. The van der Waals surface area contributed by atoms with Crippen molar-refractivity contribution in [3.8, 4) is 0 Å². The highest BCUT2D eigenvalue weighted by atomic mass is 79.9. The normalized spacial score (nSPS) is 11.1. The van der Waals surface area contributed by atoms with Crippen molar-refractivity contribution in [3.05, 3.63) is 88.8 Å². The fraction of sp³-hybridized carbons (Fsp3) is 0.0909. The molecule has 0 bridgehead atoms. The number of thiocarbonyl (C=S) groups is 1. The zero-order valence-electron chi connectivity index (χ0n) is 17.9. The Morgan fingerprint density at radius 1 is 1.03 bits per heavy atom. The molecule has 0 saturated heterocycles. The van der Waals surface area contributed by atoms with Crippen LogP contribution in [0.1, 0.15) is 11.1 Å². The van der Waals surface area contributed by atoms with E-state index in [-0.39, 0.29) is 10.8 Å². The summed E-state index contributed by atoms with van der Waals surface area (Å²) in [5, 5.41) is 10.9. The van der Waals surface area contributed by atoms with E-state index in [1.165, 1.54) is 30.1 Å². The summed E-state index contributed by atoms with van der Waals surface area (Å²) in [6.45, 7) is 2.67. The predicted octanol–water partition coefficient (Wildman–Crippen LogP) is 4.40. The molecule has 4 aromatic rings. The minimum atomic E-state index is -3.81. The molecular weight excluding hydrogens is 538 g/mol. The second kappa shape index (κ2) is 10.3. The van der Waals surface area contributed by atoms with E-state index >= 15 is 0 Å². The van der Waals surface area contributed by atoms with Gasteiger partial charge in [0.1, 0.15) is 0 Å². The number of nitrogens with zero attached hydrogens (tertiary/aromatic N) is 4. The van der Waals surface area contributed by atoms with Gasteiger partial charge in [0.2, 0.25) is 5.95 Å². The fourth-order valence-electron chi connectivity index (χ4n) is 2.96. The van der Waals surface area contributed by atoms with Crippen molar-refractivity contribution in [1.82, 2.24) is 19.7 Å². The Labute approximate surface area is 210 Å². The van der Waals surface area contributed by atoms with Gasteiger partial charge >= 0.3 is 0 Å². The molecule has 0 fully saturated rings. The zero-order valence-corrected chi connectivity index (χ0v) is 21.2. The highest BCUT2D eigenvalue weighted by Crippen LogP contribution is 2.22. The van der Waals surface area contributed by atoms with E-state index in [0.717, 1.165) is 10.0 Å². The molecule has 4 rings (SSSR count). The number of rotatable bonds is 7. The summed E-state index contributed by atoms with van der Waals surface area (Å²) in [6, 6.07) is 16.0. The van der Waals surface area contributed by atoms with Crippen LogP contribution in [0.25, 0.3) is 0 Å². The quantitative estimate of drug-likeness (QED) is 0.286. The summed E-state index contributed by atoms with van der Waals surface area (Å²) in [4.78, 5) is 7.81. The van der Waals surface area contributed by atoms with Crippen LogP contribution in [0.5, 0.6) is 0 Å². The van der Waals surface area contributed by atoms with Gasteiger partial charge in [-0.2, -0.15) is 5.10 Å². The van der Waals surface area contributed by atoms with E-state index in [1.807, 2.05) is 17.8 Å². The number of hydrogen-bond acceptors (Lipinski definition) is 6. The van der Waals surface area contributed by atoms with E-state index in [9.17, 15) is 8.42 Å². The Morgan fingerprint density at radius 3 is 2.38 bits per heavy atom. The predicted molar refractivity (Wildman–Crippen MR) is 139 cm³/mol. The summed E-state index contributed by atoms with van der Waals surface area (Å²) < 4.78 is 29.9. The summed E-state index contributed by atoms with van der Waals surface area (Å²) in [7, 11) is -3.81. The third-order valence-corrected chi connectivity index (χ3v) is 6.76. The molecule has 0 spiro atoms. The minimum Gasteiger partial charge on any atom is -0.332 e. The Kier molecular flexibility index (Phi) is 7.20. The van der Waals surface area contributed by atoms with Crippen LogP contribution >= 0.6 is 28.1 Å².